The topological polar surface area (TPSA) is 83.4 Å². The zero-order valence-corrected chi connectivity index (χ0v) is 19.6. The van der Waals surface area contributed by atoms with Crippen molar-refractivity contribution in [3.8, 4) is 0 Å². The summed E-state index contributed by atoms with van der Waals surface area (Å²) in [4.78, 5) is 12.8. The normalized spacial score (nSPS) is 14.5. The average molecular weight is 534 g/mol. The Morgan fingerprint density at radius 2 is 1.93 bits per heavy atom. The van der Waals surface area contributed by atoms with Gasteiger partial charge in [0.1, 0.15) is 5.82 Å². The molecule has 0 radical (unpaired) electrons. The maximum Gasteiger partial charge on any atom is 0.301 e. The Morgan fingerprint density at radius 1 is 1.28 bits per heavy atom. The third-order valence-electron chi connectivity index (χ3n) is 4.86. The van der Waals surface area contributed by atoms with Gasteiger partial charge in [0.2, 0.25) is 0 Å². The summed E-state index contributed by atoms with van der Waals surface area (Å²) in [6, 6.07) is 4.64. The van der Waals surface area contributed by atoms with Gasteiger partial charge in [-0.2, -0.15) is 12.7 Å². The first-order valence-electron chi connectivity index (χ1n) is 9.22. The van der Waals surface area contributed by atoms with E-state index in [4.69, 9.17) is 0 Å². The summed E-state index contributed by atoms with van der Waals surface area (Å²) in [6.45, 7) is 3.67. The van der Waals surface area contributed by atoms with Crippen molar-refractivity contribution in [2.24, 2.45) is 7.05 Å². The molecule has 29 heavy (non-hydrogen) atoms. The SMILES string of the molecule is CC(C)c1c(Nc2ccc(I)cc2F)c(NS(=O)(=O)N(C)C2CC2)cn(C)c1=O. The van der Waals surface area contributed by atoms with Crippen LogP contribution in [0.15, 0.2) is 29.2 Å². The Hall–Kier alpha value is -1.66. The molecule has 0 spiro atoms. The molecule has 0 atom stereocenters. The average Bonchev–Trinajstić information content (AvgIpc) is 3.45. The monoisotopic (exact) mass is 534 g/mol. The zero-order chi connectivity index (χ0) is 21.5. The van der Waals surface area contributed by atoms with Gasteiger partial charge < -0.3 is 9.88 Å². The van der Waals surface area contributed by atoms with Crippen molar-refractivity contribution in [2.75, 3.05) is 17.1 Å². The Bertz CT molecular complexity index is 1100. The van der Waals surface area contributed by atoms with E-state index in [1.807, 2.05) is 36.4 Å². The lowest BCUT2D eigenvalue weighted by atomic mass is 10.0. The molecule has 2 N–H and O–H groups in total. The molecule has 1 aliphatic carbocycles. The number of pyridine rings is 1. The summed E-state index contributed by atoms with van der Waals surface area (Å²) < 4.78 is 46.0. The summed E-state index contributed by atoms with van der Waals surface area (Å²) in [5.74, 6) is -0.704. The molecule has 7 nitrogen and oxygen atoms in total. The first-order valence-corrected chi connectivity index (χ1v) is 11.7. The van der Waals surface area contributed by atoms with Crippen molar-refractivity contribution in [1.82, 2.24) is 8.87 Å². The highest BCUT2D eigenvalue weighted by Crippen LogP contribution is 2.35. The molecule has 0 saturated heterocycles. The van der Waals surface area contributed by atoms with E-state index in [0.29, 0.717) is 5.56 Å². The van der Waals surface area contributed by atoms with Crippen LogP contribution in [0.4, 0.5) is 21.5 Å². The van der Waals surface area contributed by atoms with E-state index in [0.717, 1.165) is 16.4 Å². The highest BCUT2D eigenvalue weighted by molar-refractivity contribution is 14.1. The van der Waals surface area contributed by atoms with Crippen molar-refractivity contribution in [3.63, 3.8) is 0 Å². The molecule has 0 aliphatic heterocycles. The molecule has 1 fully saturated rings. The third-order valence-corrected chi connectivity index (χ3v) is 7.06. The second-order valence-electron chi connectivity index (χ2n) is 7.51. The highest BCUT2D eigenvalue weighted by Gasteiger charge is 2.35. The van der Waals surface area contributed by atoms with Crippen LogP contribution in [0.2, 0.25) is 0 Å². The van der Waals surface area contributed by atoms with Gasteiger partial charge in [0.05, 0.1) is 17.1 Å². The van der Waals surface area contributed by atoms with Gasteiger partial charge in [0, 0.05) is 35.5 Å². The number of aryl methyl sites for hydroxylation is 1. The molecular formula is C19H24FIN4O3S. The summed E-state index contributed by atoms with van der Waals surface area (Å²) in [5, 5.41) is 2.96. The molecule has 2 aromatic rings. The van der Waals surface area contributed by atoms with Gasteiger partial charge in [-0.1, -0.05) is 13.8 Å². The van der Waals surface area contributed by atoms with Gasteiger partial charge >= 0.3 is 10.2 Å². The molecule has 158 valence electrons. The van der Waals surface area contributed by atoms with Gasteiger partial charge in [-0.3, -0.25) is 9.52 Å². The quantitative estimate of drug-likeness (QED) is 0.531. The molecule has 0 bridgehead atoms. The van der Waals surface area contributed by atoms with Gasteiger partial charge in [-0.05, 0) is 59.5 Å². The van der Waals surface area contributed by atoms with Gasteiger partial charge in [0.15, 0.2) is 0 Å². The van der Waals surface area contributed by atoms with E-state index in [9.17, 15) is 17.6 Å². The van der Waals surface area contributed by atoms with Gasteiger partial charge in [-0.15, -0.1) is 0 Å². The molecule has 1 heterocycles. The Kier molecular flexibility index (Phi) is 6.25. The second-order valence-corrected chi connectivity index (χ2v) is 10.5. The van der Waals surface area contributed by atoms with Crippen LogP contribution in [0, 0.1) is 9.39 Å². The molecule has 10 heteroatoms. The van der Waals surface area contributed by atoms with E-state index in [2.05, 4.69) is 10.0 Å². The van der Waals surface area contributed by atoms with Crippen LogP contribution in [0.5, 0.6) is 0 Å². The summed E-state index contributed by atoms with van der Waals surface area (Å²) >= 11 is 2.01. The Labute approximate surface area is 183 Å². The minimum Gasteiger partial charge on any atom is -0.351 e. The van der Waals surface area contributed by atoms with Crippen LogP contribution >= 0.6 is 22.6 Å². The molecule has 1 aromatic heterocycles. The number of anilines is 3. The van der Waals surface area contributed by atoms with Crippen LogP contribution < -0.4 is 15.6 Å². The van der Waals surface area contributed by atoms with E-state index >= 15 is 0 Å². The lowest BCUT2D eigenvalue weighted by Crippen LogP contribution is -2.35. The van der Waals surface area contributed by atoms with Crippen LogP contribution in [-0.2, 0) is 17.3 Å². The van der Waals surface area contributed by atoms with E-state index in [1.54, 1.807) is 19.2 Å². The fraction of sp³-hybridized carbons (Fsp3) is 0.421. The zero-order valence-electron chi connectivity index (χ0n) is 16.7. The fourth-order valence-electron chi connectivity index (χ4n) is 3.08. The van der Waals surface area contributed by atoms with Crippen molar-refractivity contribution >= 4 is 49.9 Å². The number of hydrogen-bond acceptors (Lipinski definition) is 4. The number of rotatable bonds is 7. The Morgan fingerprint density at radius 3 is 2.48 bits per heavy atom. The number of aromatic nitrogens is 1. The maximum absolute atomic E-state index is 14.5. The minimum absolute atomic E-state index is 0.0188. The lowest BCUT2D eigenvalue weighted by Gasteiger charge is -2.23. The first-order chi connectivity index (χ1) is 13.5. The van der Waals surface area contributed by atoms with Crippen molar-refractivity contribution in [1.29, 1.82) is 0 Å². The largest absolute Gasteiger partial charge is 0.351 e. The van der Waals surface area contributed by atoms with E-state index in [1.165, 1.54) is 28.2 Å². The molecule has 3 rings (SSSR count). The molecule has 1 aliphatic rings. The lowest BCUT2D eigenvalue weighted by molar-refractivity contribution is 0.469. The molecule has 1 saturated carbocycles. The molecule has 0 unspecified atom stereocenters. The standard InChI is InChI=1S/C19H24FIN4O3S/c1-11(2)17-18(22-15-8-5-12(21)9-14(15)20)16(10-24(3)19(17)26)23-29(27,28)25(4)13-6-7-13/h5,8-11,13,22-23H,6-7H2,1-4H3. The number of hydrogen-bond donors (Lipinski definition) is 2. The summed E-state index contributed by atoms with van der Waals surface area (Å²) in [7, 11) is -0.734. The predicted molar refractivity (Wildman–Crippen MR) is 121 cm³/mol. The third kappa shape index (κ3) is 4.75. The van der Waals surface area contributed by atoms with Crippen molar-refractivity contribution in [3.05, 3.63) is 49.7 Å². The van der Waals surface area contributed by atoms with Crippen LogP contribution in [0.3, 0.4) is 0 Å². The van der Waals surface area contributed by atoms with Crippen LogP contribution in [-0.4, -0.2) is 30.4 Å². The predicted octanol–water partition coefficient (Wildman–Crippen LogP) is 3.75. The summed E-state index contributed by atoms with van der Waals surface area (Å²) in [6.07, 6.45) is 3.06. The number of benzene rings is 1. The fourth-order valence-corrected chi connectivity index (χ4v) is 4.71. The number of halogens is 2. The molecular weight excluding hydrogens is 510 g/mol. The Balaban J connectivity index is 2.13. The van der Waals surface area contributed by atoms with E-state index < -0.39 is 16.0 Å². The van der Waals surface area contributed by atoms with Crippen LogP contribution in [0.1, 0.15) is 38.2 Å². The van der Waals surface area contributed by atoms with Gasteiger partial charge in [0.25, 0.3) is 5.56 Å². The molecule has 0 amide bonds. The van der Waals surface area contributed by atoms with Crippen molar-refractivity contribution in [2.45, 2.75) is 38.6 Å². The second kappa shape index (κ2) is 8.23. The van der Waals surface area contributed by atoms with Gasteiger partial charge in [-0.25, -0.2) is 4.39 Å². The van der Waals surface area contributed by atoms with Crippen LogP contribution in [0.25, 0.3) is 0 Å². The number of nitrogens with zero attached hydrogens (tertiary/aromatic N) is 2. The summed E-state index contributed by atoms with van der Waals surface area (Å²) in [5.41, 5.74) is 0.723. The van der Waals surface area contributed by atoms with Crippen molar-refractivity contribution < 1.29 is 12.8 Å². The molecule has 1 aromatic carbocycles. The maximum atomic E-state index is 14.5. The minimum atomic E-state index is -3.82. The smallest absolute Gasteiger partial charge is 0.301 e. The highest BCUT2D eigenvalue weighted by atomic mass is 127. The first kappa shape index (κ1) is 22.0. The van der Waals surface area contributed by atoms with E-state index in [-0.39, 0.29) is 34.6 Å². The number of nitrogens with one attached hydrogen (secondary N) is 2.